The number of halogens is 3. The van der Waals surface area contributed by atoms with E-state index in [0.29, 0.717) is 15.8 Å². The van der Waals surface area contributed by atoms with Crippen LogP contribution in [0.25, 0.3) is 11.3 Å². The van der Waals surface area contributed by atoms with Gasteiger partial charge in [-0.25, -0.2) is 8.78 Å². The summed E-state index contributed by atoms with van der Waals surface area (Å²) in [7, 11) is 0. The third-order valence-electron chi connectivity index (χ3n) is 2.56. The smallest absolute Gasteiger partial charge is 0.207 e. The van der Waals surface area contributed by atoms with Crippen molar-refractivity contribution in [2.24, 2.45) is 0 Å². The molecule has 0 aliphatic rings. The topological polar surface area (TPSA) is 22.0 Å². The molecule has 1 aromatic heterocycles. The molecule has 2 nitrogen and oxygen atoms in total. The first-order valence-corrected chi connectivity index (χ1v) is 6.39. The van der Waals surface area contributed by atoms with Crippen molar-refractivity contribution in [1.29, 1.82) is 0 Å². The quantitative estimate of drug-likeness (QED) is 0.510. The Labute approximate surface area is 148 Å². The van der Waals surface area contributed by atoms with Crippen LogP contribution in [-0.4, -0.2) is 4.57 Å². The Kier molecular flexibility index (Phi) is 6.27. The molecule has 97 valence electrons. The van der Waals surface area contributed by atoms with Gasteiger partial charge in [-0.2, -0.15) is 12.1 Å². The molecule has 0 aliphatic heterocycles. The molecule has 0 N–H and O–H groups in total. The summed E-state index contributed by atoms with van der Waals surface area (Å²) in [5, 5.41) is 0. The molecule has 0 fully saturated rings. The molecule has 2 rings (SSSR count). The zero-order chi connectivity index (χ0) is 13.3. The van der Waals surface area contributed by atoms with Gasteiger partial charge in [-0.3, -0.25) is 4.79 Å². The van der Waals surface area contributed by atoms with Crippen LogP contribution in [0.4, 0.5) is 8.78 Å². The summed E-state index contributed by atoms with van der Waals surface area (Å²) in [5.74, 6) is -1.35. The van der Waals surface area contributed by atoms with Gasteiger partial charge in [-0.1, -0.05) is 11.3 Å². The summed E-state index contributed by atoms with van der Waals surface area (Å²) < 4.78 is 28.5. The van der Waals surface area contributed by atoms with Gasteiger partial charge in [0.05, 0.1) is 5.82 Å². The number of hydrogen-bond acceptors (Lipinski definition) is 1. The molecule has 2 aromatic rings. The van der Waals surface area contributed by atoms with Crippen LogP contribution < -0.4 is 5.56 Å². The summed E-state index contributed by atoms with van der Waals surface area (Å²) in [6.07, 6.45) is 0. The fourth-order valence-electron chi connectivity index (χ4n) is 1.71. The van der Waals surface area contributed by atoms with Gasteiger partial charge in [0.1, 0.15) is 5.82 Å². The van der Waals surface area contributed by atoms with Gasteiger partial charge in [0.25, 0.3) is 0 Å². The number of rotatable bonds is 2. The molecule has 0 aliphatic carbocycles. The first-order chi connectivity index (χ1) is 8.54. The van der Waals surface area contributed by atoms with Crippen molar-refractivity contribution in [3.63, 3.8) is 0 Å². The number of nitrogens with zero attached hydrogens (tertiary/aromatic N) is 1. The molecule has 6 heteroatoms. The minimum atomic E-state index is -0.700. The van der Waals surface area contributed by atoms with Crippen molar-refractivity contribution < 1.29 is 41.5 Å². The van der Waals surface area contributed by atoms with Gasteiger partial charge in [-0.15, -0.1) is 28.7 Å². The van der Waals surface area contributed by atoms with E-state index in [1.54, 1.807) is 6.92 Å². The average molecular weight is 449 g/mol. The van der Waals surface area contributed by atoms with Gasteiger partial charge in [0.2, 0.25) is 5.56 Å². The van der Waals surface area contributed by atoms with Crippen LogP contribution in [0, 0.1) is 21.3 Å². The van der Waals surface area contributed by atoms with Gasteiger partial charge < -0.3 is 4.57 Å². The Morgan fingerprint density at radius 2 is 2.05 bits per heavy atom. The van der Waals surface area contributed by atoms with Crippen molar-refractivity contribution >= 4 is 22.6 Å². The molecule has 1 heterocycles. The zero-order valence-corrected chi connectivity index (χ0v) is 15.1. The molecule has 0 saturated heterocycles. The SMILES string of the molecule is CCn1c(-c2ccc(F)cc2F)[c-]cc(I)c1=O.[Y]. The van der Waals surface area contributed by atoms with Crippen LogP contribution in [-0.2, 0) is 39.3 Å². The van der Waals surface area contributed by atoms with Crippen LogP contribution in [0.2, 0.25) is 0 Å². The standard InChI is InChI=1S/C13H9F2INO.Y/c1-2-17-12(6-5-11(16)13(17)18)9-4-3-8(14)7-10(9)15;/h3-5,7H,2H2,1H3;/q-1;. The first kappa shape index (κ1) is 16.9. The minimum absolute atomic E-state index is 0. The summed E-state index contributed by atoms with van der Waals surface area (Å²) in [6, 6.07) is 7.65. The minimum Gasteiger partial charge on any atom is -0.342 e. The average Bonchev–Trinajstić information content (AvgIpc) is 2.33. The Balaban J connectivity index is 0.00000180. The second-order valence-electron chi connectivity index (χ2n) is 3.66. The van der Waals surface area contributed by atoms with Gasteiger partial charge >= 0.3 is 0 Å². The van der Waals surface area contributed by atoms with E-state index in [2.05, 4.69) is 6.07 Å². The largest absolute Gasteiger partial charge is 0.342 e. The Hall–Kier alpha value is -0.136. The van der Waals surface area contributed by atoms with Gasteiger partial charge in [0, 0.05) is 39.3 Å². The third kappa shape index (κ3) is 3.50. The van der Waals surface area contributed by atoms with Gasteiger partial charge in [0.15, 0.2) is 0 Å². The first-order valence-electron chi connectivity index (χ1n) is 5.31. The molecule has 0 unspecified atom stereocenters. The predicted octanol–water partition coefficient (Wildman–Crippen LogP) is 3.22. The van der Waals surface area contributed by atoms with Crippen LogP contribution in [0.1, 0.15) is 6.92 Å². The van der Waals surface area contributed by atoms with E-state index in [4.69, 9.17) is 0 Å². The van der Waals surface area contributed by atoms with E-state index in [-0.39, 0.29) is 43.8 Å². The second kappa shape index (κ2) is 7.04. The zero-order valence-electron chi connectivity index (χ0n) is 10.1. The van der Waals surface area contributed by atoms with E-state index in [1.807, 2.05) is 22.6 Å². The van der Waals surface area contributed by atoms with Crippen molar-refractivity contribution in [2.45, 2.75) is 13.5 Å². The normalized spacial score (nSPS) is 10.1. The van der Waals surface area contributed by atoms with Crippen LogP contribution >= 0.6 is 22.6 Å². The van der Waals surface area contributed by atoms with E-state index >= 15 is 0 Å². The maximum absolute atomic E-state index is 13.7. The molecule has 1 radical (unpaired) electrons. The summed E-state index contributed by atoms with van der Waals surface area (Å²) >= 11 is 1.91. The summed E-state index contributed by atoms with van der Waals surface area (Å²) in [6.45, 7) is 2.19. The molecule has 1 aromatic carbocycles. The molecule has 19 heavy (non-hydrogen) atoms. The molecular formula is C13H9F2INOY-. The van der Waals surface area contributed by atoms with E-state index in [0.717, 1.165) is 12.1 Å². The van der Waals surface area contributed by atoms with Crippen molar-refractivity contribution in [3.8, 4) is 11.3 Å². The van der Waals surface area contributed by atoms with E-state index < -0.39 is 11.6 Å². The number of pyridine rings is 1. The third-order valence-corrected chi connectivity index (χ3v) is 3.33. The molecule has 0 spiro atoms. The van der Waals surface area contributed by atoms with Crippen molar-refractivity contribution in [3.05, 3.63) is 55.9 Å². The fourth-order valence-corrected chi connectivity index (χ4v) is 2.16. The Morgan fingerprint density at radius 1 is 1.37 bits per heavy atom. The van der Waals surface area contributed by atoms with Crippen molar-refractivity contribution in [2.75, 3.05) is 0 Å². The number of aromatic nitrogens is 1. The monoisotopic (exact) mass is 449 g/mol. The Morgan fingerprint density at radius 3 is 2.63 bits per heavy atom. The van der Waals surface area contributed by atoms with E-state index in [1.165, 1.54) is 16.7 Å². The number of hydrogen-bond donors (Lipinski definition) is 0. The van der Waals surface area contributed by atoms with Crippen LogP contribution in [0.3, 0.4) is 0 Å². The molecule has 0 atom stereocenters. The number of benzene rings is 1. The maximum atomic E-state index is 13.7. The maximum Gasteiger partial charge on any atom is 0.207 e. The molecule has 0 amide bonds. The summed E-state index contributed by atoms with van der Waals surface area (Å²) in [5.41, 5.74) is 0.308. The molecule has 0 bridgehead atoms. The summed E-state index contributed by atoms with van der Waals surface area (Å²) in [4.78, 5) is 11.9. The van der Waals surface area contributed by atoms with E-state index in [9.17, 15) is 13.6 Å². The van der Waals surface area contributed by atoms with Gasteiger partial charge in [-0.05, 0) is 22.6 Å². The molecule has 0 saturated carbocycles. The molecular weight excluding hydrogens is 440 g/mol. The van der Waals surface area contributed by atoms with Crippen molar-refractivity contribution in [1.82, 2.24) is 4.57 Å². The fraction of sp³-hybridized carbons (Fsp3) is 0.154. The Bertz CT molecular complexity index is 658. The second-order valence-corrected chi connectivity index (χ2v) is 4.82. The predicted molar refractivity (Wildman–Crippen MR) is 73.3 cm³/mol. The van der Waals surface area contributed by atoms with Crippen LogP contribution in [0.15, 0.2) is 29.1 Å². The van der Waals surface area contributed by atoms with Crippen LogP contribution in [0.5, 0.6) is 0 Å².